The lowest BCUT2D eigenvalue weighted by atomic mass is 9.63. The highest BCUT2D eigenvalue weighted by molar-refractivity contribution is 4.88. The molecule has 2 fully saturated rings. The lowest BCUT2D eigenvalue weighted by molar-refractivity contribution is -0.0508. The molecule has 0 aliphatic heterocycles. The van der Waals surface area contributed by atoms with Crippen LogP contribution < -0.4 is 0 Å². The predicted molar refractivity (Wildman–Crippen MR) is 77.6 cm³/mol. The van der Waals surface area contributed by atoms with E-state index in [4.69, 9.17) is 4.74 Å². The summed E-state index contributed by atoms with van der Waals surface area (Å²) in [7, 11) is 0. The lowest BCUT2D eigenvalue weighted by Gasteiger charge is -2.44. The summed E-state index contributed by atoms with van der Waals surface area (Å²) < 4.78 is 5.92. The number of rotatable bonds is 3. The van der Waals surface area contributed by atoms with E-state index in [9.17, 15) is 0 Å². The van der Waals surface area contributed by atoms with Crippen LogP contribution in [0, 0.1) is 29.6 Å². The van der Waals surface area contributed by atoms with E-state index in [1.165, 1.54) is 38.5 Å². The molecule has 1 heteroatoms. The minimum atomic E-state index is 0.531. The first-order valence-corrected chi connectivity index (χ1v) is 8.25. The molecule has 0 aromatic heterocycles. The summed E-state index contributed by atoms with van der Waals surface area (Å²) in [4.78, 5) is 0. The highest BCUT2D eigenvalue weighted by Crippen LogP contribution is 2.45. The van der Waals surface area contributed by atoms with Gasteiger partial charge in [0, 0.05) is 6.61 Å². The van der Waals surface area contributed by atoms with Gasteiger partial charge in [-0.1, -0.05) is 33.6 Å². The van der Waals surface area contributed by atoms with Crippen LogP contribution in [0.4, 0.5) is 0 Å². The maximum atomic E-state index is 5.92. The van der Waals surface area contributed by atoms with Crippen molar-refractivity contribution >= 4 is 0 Å². The Morgan fingerprint density at radius 1 is 0.833 bits per heavy atom. The third kappa shape index (κ3) is 3.10. The number of hydrogen-bond donors (Lipinski definition) is 0. The molecule has 0 N–H and O–H groups in total. The third-order valence-electron chi connectivity index (χ3n) is 5.92. The fraction of sp³-hybridized carbons (Fsp3) is 1.00. The average Bonchev–Trinajstić information content (AvgIpc) is 2.37. The van der Waals surface area contributed by atoms with Crippen LogP contribution in [-0.2, 0) is 4.74 Å². The Morgan fingerprint density at radius 3 is 2.11 bits per heavy atom. The van der Waals surface area contributed by atoms with Crippen LogP contribution >= 0.6 is 0 Å². The summed E-state index contributed by atoms with van der Waals surface area (Å²) in [5, 5.41) is 0. The van der Waals surface area contributed by atoms with Crippen molar-refractivity contribution in [1.29, 1.82) is 0 Å². The van der Waals surface area contributed by atoms with Gasteiger partial charge >= 0.3 is 0 Å². The lowest BCUT2D eigenvalue weighted by Crippen LogP contribution is -2.40. The standard InChI is InChI=1S/C17H32O/c1-5-18-17-11-10-16(13(3)14(17)4)15-8-6-12(2)7-9-15/h12-17H,5-11H2,1-4H3. The van der Waals surface area contributed by atoms with Crippen LogP contribution in [0.3, 0.4) is 0 Å². The Morgan fingerprint density at radius 2 is 1.50 bits per heavy atom. The molecule has 2 saturated carbocycles. The first-order chi connectivity index (χ1) is 8.63. The van der Waals surface area contributed by atoms with Gasteiger partial charge in [0.2, 0.25) is 0 Å². The van der Waals surface area contributed by atoms with Crippen molar-refractivity contribution in [3.05, 3.63) is 0 Å². The van der Waals surface area contributed by atoms with E-state index in [1.54, 1.807) is 0 Å². The van der Waals surface area contributed by atoms with Crippen molar-refractivity contribution in [3.63, 3.8) is 0 Å². The van der Waals surface area contributed by atoms with Crippen molar-refractivity contribution in [3.8, 4) is 0 Å². The van der Waals surface area contributed by atoms with Gasteiger partial charge in [0.1, 0.15) is 0 Å². The highest BCUT2D eigenvalue weighted by atomic mass is 16.5. The average molecular weight is 252 g/mol. The van der Waals surface area contributed by atoms with Gasteiger partial charge in [0.15, 0.2) is 0 Å². The van der Waals surface area contributed by atoms with E-state index < -0.39 is 0 Å². The summed E-state index contributed by atoms with van der Waals surface area (Å²) in [6, 6.07) is 0. The SMILES string of the molecule is CCOC1CCC(C2CCC(C)CC2)C(C)C1C. The van der Waals surface area contributed by atoms with Crippen LogP contribution in [0.2, 0.25) is 0 Å². The Kier molecular flexibility index (Phi) is 5.12. The zero-order chi connectivity index (χ0) is 13.1. The molecule has 2 aliphatic carbocycles. The second-order valence-electron chi connectivity index (χ2n) is 6.97. The van der Waals surface area contributed by atoms with Crippen LogP contribution in [0.25, 0.3) is 0 Å². The minimum absolute atomic E-state index is 0.531. The Bertz CT molecular complexity index is 242. The smallest absolute Gasteiger partial charge is 0.0603 e. The minimum Gasteiger partial charge on any atom is -0.378 e. The number of ether oxygens (including phenoxy) is 1. The van der Waals surface area contributed by atoms with Crippen molar-refractivity contribution in [1.82, 2.24) is 0 Å². The van der Waals surface area contributed by atoms with Crippen molar-refractivity contribution in [2.75, 3.05) is 6.61 Å². The van der Waals surface area contributed by atoms with E-state index in [0.717, 1.165) is 36.2 Å². The molecule has 0 saturated heterocycles. The molecule has 1 nitrogen and oxygen atoms in total. The maximum Gasteiger partial charge on any atom is 0.0603 e. The van der Waals surface area contributed by atoms with E-state index in [0.29, 0.717) is 6.10 Å². The van der Waals surface area contributed by atoms with Gasteiger partial charge in [-0.2, -0.15) is 0 Å². The monoisotopic (exact) mass is 252 g/mol. The van der Waals surface area contributed by atoms with E-state index in [-0.39, 0.29) is 0 Å². The fourth-order valence-electron chi connectivity index (χ4n) is 4.44. The maximum absolute atomic E-state index is 5.92. The van der Waals surface area contributed by atoms with Gasteiger partial charge in [-0.3, -0.25) is 0 Å². The van der Waals surface area contributed by atoms with Gasteiger partial charge in [-0.25, -0.2) is 0 Å². The fourth-order valence-corrected chi connectivity index (χ4v) is 4.44. The van der Waals surface area contributed by atoms with Gasteiger partial charge in [-0.15, -0.1) is 0 Å². The van der Waals surface area contributed by atoms with Crippen LogP contribution in [0.1, 0.15) is 66.2 Å². The molecule has 0 aromatic carbocycles. The van der Waals surface area contributed by atoms with Gasteiger partial charge < -0.3 is 4.74 Å². The van der Waals surface area contributed by atoms with Crippen molar-refractivity contribution in [2.45, 2.75) is 72.3 Å². The summed E-state index contributed by atoms with van der Waals surface area (Å²) in [6.45, 7) is 10.3. The summed E-state index contributed by atoms with van der Waals surface area (Å²) in [5.41, 5.74) is 0. The van der Waals surface area contributed by atoms with Crippen LogP contribution in [0.15, 0.2) is 0 Å². The molecule has 0 bridgehead atoms. The van der Waals surface area contributed by atoms with Crippen LogP contribution in [-0.4, -0.2) is 12.7 Å². The predicted octanol–water partition coefficient (Wildman–Crippen LogP) is 4.90. The molecule has 2 rings (SSSR count). The first-order valence-electron chi connectivity index (χ1n) is 8.25. The van der Waals surface area contributed by atoms with Crippen molar-refractivity contribution < 1.29 is 4.74 Å². The van der Waals surface area contributed by atoms with E-state index in [1.807, 2.05) is 0 Å². The normalized spacial score (nSPS) is 46.0. The summed E-state index contributed by atoms with van der Waals surface area (Å²) in [5.74, 6) is 4.58. The zero-order valence-corrected chi connectivity index (χ0v) is 12.8. The van der Waals surface area contributed by atoms with E-state index in [2.05, 4.69) is 27.7 Å². The Labute approximate surface area is 114 Å². The molecular formula is C17H32O. The Hall–Kier alpha value is -0.0400. The number of hydrogen-bond acceptors (Lipinski definition) is 1. The molecule has 18 heavy (non-hydrogen) atoms. The summed E-state index contributed by atoms with van der Waals surface area (Å²) in [6.07, 6.45) is 9.16. The first kappa shape index (κ1) is 14.4. The summed E-state index contributed by atoms with van der Waals surface area (Å²) >= 11 is 0. The molecule has 4 atom stereocenters. The molecule has 4 unspecified atom stereocenters. The molecule has 0 aromatic rings. The zero-order valence-electron chi connectivity index (χ0n) is 12.8. The molecule has 2 aliphatic rings. The quantitative estimate of drug-likeness (QED) is 0.694. The van der Waals surface area contributed by atoms with Gasteiger partial charge in [0.05, 0.1) is 6.10 Å². The topological polar surface area (TPSA) is 9.23 Å². The van der Waals surface area contributed by atoms with Crippen LogP contribution in [0.5, 0.6) is 0 Å². The van der Waals surface area contributed by atoms with Gasteiger partial charge in [0.25, 0.3) is 0 Å². The van der Waals surface area contributed by atoms with E-state index >= 15 is 0 Å². The molecule has 0 amide bonds. The second kappa shape index (κ2) is 6.41. The largest absolute Gasteiger partial charge is 0.378 e. The second-order valence-corrected chi connectivity index (χ2v) is 6.97. The van der Waals surface area contributed by atoms with Gasteiger partial charge in [-0.05, 0) is 62.2 Å². The molecular weight excluding hydrogens is 220 g/mol. The molecule has 0 heterocycles. The molecule has 106 valence electrons. The molecule has 0 spiro atoms. The molecule has 0 radical (unpaired) electrons. The Balaban J connectivity index is 1.91. The highest BCUT2D eigenvalue weighted by Gasteiger charge is 2.38. The van der Waals surface area contributed by atoms with Crippen molar-refractivity contribution in [2.24, 2.45) is 29.6 Å². The third-order valence-corrected chi connectivity index (χ3v) is 5.92.